The standard InChI is InChI=1S/C12H15FN2S/c1-12(2,16-3)8-15-11-6-4-5-10(13)9(11)7-14/h4-6,15H,8H2,1-3H3. The van der Waals surface area contributed by atoms with Gasteiger partial charge in [-0.1, -0.05) is 6.07 Å². The first-order valence-corrected chi connectivity index (χ1v) is 6.20. The Bertz CT molecular complexity index is 410. The molecule has 2 nitrogen and oxygen atoms in total. The first-order valence-electron chi connectivity index (χ1n) is 4.98. The molecule has 0 aromatic heterocycles. The van der Waals surface area contributed by atoms with Crippen LogP contribution in [0.25, 0.3) is 0 Å². The first kappa shape index (κ1) is 12.9. The molecule has 4 heteroatoms. The van der Waals surface area contributed by atoms with Crippen molar-refractivity contribution in [1.29, 1.82) is 5.26 Å². The van der Waals surface area contributed by atoms with Gasteiger partial charge in [-0.2, -0.15) is 17.0 Å². The van der Waals surface area contributed by atoms with Crippen LogP contribution in [0.1, 0.15) is 19.4 Å². The lowest BCUT2D eigenvalue weighted by Crippen LogP contribution is -2.26. The Morgan fingerprint density at radius 3 is 2.75 bits per heavy atom. The molecule has 0 radical (unpaired) electrons. The van der Waals surface area contributed by atoms with Crippen molar-refractivity contribution < 1.29 is 4.39 Å². The van der Waals surface area contributed by atoms with Crippen LogP contribution < -0.4 is 5.32 Å². The zero-order chi connectivity index (χ0) is 12.2. The van der Waals surface area contributed by atoms with E-state index in [4.69, 9.17) is 5.26 Å². The van der Waals surface area contributed by atoms with Crippen LogP contribution in [-0.2, 0) is 0 Å². The number of hydrogen-bond acceptors (Lipinski definition) is 3. The Hall–Kier alpha value is -1.21. The Morgan fingerprint density at radius 1 is 1.50 bits per heavy atom. The average Bonchev–Trinajstić information content (AvgIpc) is 2.26. The molecule has 86 valence electrons. The highest BCUT2D eigenvalue weighted by Gasteiger charge is 2.16. The van der Waals surface area contributed by atoms with Gasteiger partial charge in [-0.15, -0.1) is 0 Å². The number of nitrogens with one attached hydrogen (secondary N) is 1. The maximum absolute atomic E-state index is 13.3. The van der Waals surface area contributed by atoms with Gasteiger partial charge in [0.25, 0.3) is 0 Å². The minimum absolute atomic E-state index is 0.0546. The molecule has 16 heavy (non-hydrogen) atoms. The topological polar surface area (TPSA) is 35.8 Å². The number of hydrogen-bond donors (Lipinski definition) is 1. The highest BCUT2D eigenvalue weighted by atomic mass is 32.2. The van der Waals surface area contributed by atoms with Gasteiger partial charge in [0, 0.05) is 11.3 Å². The molecule has 0 bridgehead atoms. The van der Waals surface area contributed by atoms with E-state index in [1.807, 2.05) is 12.3 Å². The van der Waals surface area contributed by atoms with E-state index in [2.05, 4.69) is 19.2 Å². The Morgan fingerprint density at radius 2 is 2.19 bits per heavy atom. The van der Waals surface area contributed by atoms with Crippen LogP contribution in [0.15, 0.2) is 18.2 Å². The molecule has 0 aliphatic carbocycles. The summed E-state index contributed by atoms with van der Waals surface area (Å²) in [5, 5.41) is 12.0. The molecule has 0 saturated heterocycles. The third-order valence-corrected chi connectivity index (χ3v) is 3.63. The lowest BCUT2D eigenvalue weighted by atomic mass is 10.1. The smallest absolute Gasteiger partial charge is 0.143 e. The van der Waals surface area contributed by atoms with Gasteiger partial charge in [0.1, 0.15) is 17.4 Å². The summed E-state index contributed by atoms with van der Waals surface area (Å²) in [6.45, 7) is 4.87. The molecule has 0 amide bonds. The van der Waals surface area contributed by atoms with Crippen molar-refractivity contribution in [2.24, 2.45) is 0 Å². The molecule has 0 saturated carbocycles. The van der Waals surface area contributed by atoms with Crippen molar-refractivity contribution in [2.75, 3.05) is 18.1 Å². The monoisotopic (exact) mass is 238 g/mol. The van der Waals surface area contributed by atoms with Crippen LogP contribution in [0.5, 0.6) is 0 Å². The second-order valence-electron chi connectivity index (χ2n) is 4.09. The van der Waals surface area contributed by atoms with E-state index < -0.39 is 5.82 Å². The van der Waals surface area contributed by atoms with E-state index in [0.29, 0.717) is 12.2 Å². The van der Waals surface area contributed by atoms with E-state index in [1.165, 1.54) is 6.07 Å². The lowest BCUT2D eigenvalue weighted by molar-refractivity contribution is 0.624. The van der Waals surface area contributed by atoms with Crippen LogP contribution >= 0.6 is 11.8 Å². The van der Waals surface area contributed by atoms with Crippen molar-refractivity contribution in [3.63, 3.8) is 0 Å². The third-order valence-electron chi connectivity index (χ3n) is 2.38. The minimum Gasteiger partial charge on any atom is -0.383 e. The molecular formula is C12H15FN2S. The van der Waals surface area contributed by atoms with Gasteiger partial charge in [-0.05, 0) is 32.2 Å². The second-order valence-corrected chi connectivity index (χ2v) is 5.60. The number of rotatable bonds is 4. The Labute approximate surface area is 99.9 Å². The second kappa shape index (κ2) is 5.22. The molecule has 1 aromatic rings. The summed E-state index contributed by atoms with van der Waals surface area (Å²) in [7, 11) is 0. The zero-order valence-electron chi connectivity index (χ0n) is 9.67. The van der Waals surface area contributed by atoms with E-state index >= 15 is 0 Å². The molecular weight excluding hydrogens is 223 g/mol. The predicted molar refractivity (Wildman–Crippen MR) is 67.2 cm³/mol. The number of nitriles is 1. The fourth-order valence-electron chi connectivity index (χ4n) is 1.17. The van der Waals surface area contributed by atoms with Gasteiger partial charge in [0.15, 0.2) is 0 Å². The first-order chi connectivity index (χ1) is 7.50. The summed E-state index contributed by atoms with van der Waals surface area (Å²) < 4.78 is 13.3. The quantitative estimate of drug-likeness (QED) is 0.874. The van der Waals surface area contributed by atoms with Gasteiger partial charge in [0.05, 0.1) is 5.69 Å². The molecule has 0 aliphatic heterocycles. The van der Waals surface area contributed by atoms with Gasteiger partial charge < -0.3 is 5.32 Å². The molecule has 1 N–H and O–H groups in total. The summed E-state index contributed by atoms with van der Waals surface area (Å²) in [4.78, 5) is 0. The van der Waals surface area contributed by atoms with Crippen molar-refractivity contribution in [3.8, 4) is 6.07 Å². The normalized spacial score (nSPS) is 10.9. The largest absolute Gasteiger partial charge is 0.383 e. The average molecular weight is 238 g/mol. The van der Waals surface area contributed by atoms with Gasteiger partial charge in [-0.25, -0.2) is 4.39 Å². The molecule has 0 fully saturated rings. The SMILES string of the molecule is CSC(C)(C)CNc1cccc(F)c1C#N. The predicted octanol–water partition coefficient (Wildman–Crippen LogP) is 3.25. The van der Waals surface area contributed by atoms with Crippen LogP contribution in [0, 0.1) is 17.1 Å². The van der Waals surface area contributed by atoms with Gasteiger partial charge >= 0.3 is 0 Å². The molecule has 1 aromatic carbocycles. The van der Waals surface area contributed by atoms with E-state index in [9.17, 15) is 4.39 Å². The van der Waals surface area contributed by atoms with Crippen LogP contribution in [0.3, 0.4) is 0 Å². The third kappa shape index (κ3) is 3.14. The maximum Gasteiger partial charge on any atom is 0.143 e. The zero-order valence-corrected chi connectivity index (χ0v) is 10.5. The van der Waals surface area contributed by atoms with Crippen LogP contribution in [0.4, 0.5) is 10.1 Å². The number of anilines is 1. The Kier molecular flexibility index (Phi) is 4.19. The Balaban J connectivity index is 2.83. The lowest BCUT2D eigenvalue weighted by Gasteiger charge is -2.23. The van der Waals surface area contributed by atoms with Crippen LogP contribution in [0.2, 0.25) is 0 Å². The highest BCUT2D eigenvalue weighted by Crippen LogP contribution is 2.23. The van der Waals surface area contributed by atoms with Crippen molar-refractivity contribution >= 4 is 17.4 Å². The molecule has 0 unspecified atom stereocenters. The minimum atomic E-state index is -0.477. The summed E-state index contributed by atoms with van der Waals surface area (Å²) >= 11 is 1.72. The van der Waals surface area contributed by atoms with Crippen molar-refractivity contribution in [1.82, 2.24) is 0 Å². The fourth-order valence-corrected chi connectivity index (χ4v) is 1.38. The fraction of sp³-hybridized carbons (Fsp3) is 0.417. The van der Waals surface area contributed by atoms with Gasteiger partial charge in [0.2, 0.25) is 0 Å². The number of nitrogens with zero attached hydrogens (tertiary/aromatic N) is 1. The van der Waals surface area contributed by atoms with Crippen molar-refractivity contribution in [3.05, 3.63) is 29.6 Å². The maximum atomic E-state index is 13.3. The highest BCUT2D eigenvalue weighted by molar-refractivity contribution is 7.99. The summed E-state index contributed by atoms with van der Waals surface area (Å²) in [6.07, 6.45) is 2.03. The number of halogens is 1. The summed E-state index contributed by atoms with van der Waals surface area (Å²) in [5.74, 6) is -0.477. The van der Waals surface area contributed by atoms with Crippen molar-refractivity contribution in [2.45, 2.75) is 18.6 Å². The number of thioether (sulfide) groups is 1. The molecule has 0 heterocycles. The van der Waals surface area contributed by atoms with E-state index in [1.54, 1.807) is 23.9 Å². The van der Waals surface area contributed by atoms with E-state index in [-0.39, 0.29) is 10.3 Å². The summed E-state index contributed by atoms with van der Waals surface area (Å²) in [5.41, 5.74) is 0.643. The number of benzene rings is 1. The van der Waals surface area contributed by atoms with E-state index in [0.717, 1.165) is 0 Å². The molecule has 1 rings (SSSR count). The molecule has 0 spiro atoms. The molecule has 0 aliphatic rings. The molecule has 0 atom stereocenters. The van der Waals surface area contributed by atoms with Crippen LogP contribution in [-0.4, -0.2) is 17.5 Å². The summed E-state index contributed by atoms with van der Waals surface area (Å²) in [6, 6.07) is 6.49. The van der Waals surface area contributed by atoms with Gasteiger partial charge in [-0.3, -0.25) is 0 Å².